The molecule has 3 nitrogen and oxygen atoms in total. The van der Waals surface area contributed by atoms with Gasteiger partial charge in [0.15, 0.2) is 0 Å². The Labute approximate surface area is 154 Å². The van der Waals surface area contributed by atoms with Gasteiger partial charge in [0.1, 0.15) is 0 Å². The molecule has 3 heterocycles. The van der Waals surface area contributed by atoms with Crippen LogP contribution in [0.1, 0.15) is 43.4 Å². The van der Waals surface area contributed by atoms with Crippen LogP contribution >= 0.6 is 11.3 Å². The Kier molecular flexibility index (Phi) is 5.41. The molecule has 0 radical (unpaired) electrons. The molecule has 2 aromatic rings. The van der Waals surface area contributed by atoms with Crippen molar-refractivity contribution in [3.8, 4) is 0 Å². The molecule has 2 aliphatic heterocycles. The maximum atomic E-state index is 10.1. The highest BCUT2D eigenvalue weighted by Gasteiger charge is 2.37. The Hall–Kier alpha value is -0.940. The highest BCUT2D eigenvalue weighted by Crippen LogP contribution is 2.39. The van der Waals surface area contributed by atoms with E-state index in [1.54, 1.807) is 0 Å². The Balaban J connectivity index is 1.34. The van der Waals surface area contributed by atoms with E-state index in [9.17, 15) is 5.11 Å². The summed E-state index contributed by atoms with van der Waals surface area (Å²) >= 11 is 1.91. The monoisotopic (exact) mass is 359 g/mol. The number of likely N-dealkylation sites (tertiary alicyclic amines) is 1. The zero-order valence-corrected chi connectivity index (χ0v) is 15.8. The number of aliphatic hydroxyl groups is 1. The van der Waals surface area contributed by atoms with E-state index in [0.29, 0.717) is 12.7 Å². The van der Waals surface area contributed by atoms with Crippen LogP contribution in [0.25, 0.3) is 10.1 Å². The first-order valence-electron chi connectivity index (χ1n) is 9.69. The molecule has 4 rings (SSSR count). The van der Waals surface area contributed by atoms with E-state index in [1.165, 1.54) is 34.2 Å². The number of thiophene rings is 1. The second kappa shape index (κ2) is 7.75. The molecule has 25 heavy (non-hydrogen) atoms. The summed E-state index contributed by atoms with van der Waals surface area (Å²) in [5.41, 5.74) is 0.0820. The van der Waals surface area contributed by atoms with Gasteiger partial charge in [0.05, 0.1) is 6.10 Å². The maximum absolute atomic E-state index is 10.1. The van der Waals surface area contributed by atoms with E-state index < -0.39 is 0 Å². The number of ether oxygens (including phenoxy) is 1. The number of hydrogen-bond donors (Lipinski definition) is 1. The van der Waals surface area contributed by atoms with Gasteiger partial charge in [0.2, 0.25) is 0 Å². The number of rotatable bonds is 5. The molecule has 0 aliphatic carbocycles. The lowest BCUT2D eigenvalue weighted by atomic mass is 9.74. The fraction of sp³-hybridized carbons (Fsp3) is 0.619. The Morgan fingerprint density at radius 2 is 2.04 bits per heavy atom. The average molecular weight is 360 g/mol. The van der Waals surface area contributed by atoms with Crippen molar-refractivity contribution in [1.29, 1.82) is 0 Å². The molecule has 1 aromatic carbocycles. The first kappa shape index (κ1) is 17.5. The van der Waals surface area contributed by atoms with Crippen molar-refractivity contribution in [2.45, 2.75) is 51.2 Å². The van der Waals surface area contributed by atoms with Crippen LogP contribution in [0.2, 0.25) is 0 Å². The third-order valence-corrected chi connectivity index (χ3v) is 7.14. The van der Waals surface area contributed by atoms with E-state index in [1.807, 2.05) is 11.3 Å². The van der Waals surface area contributed by atoms with Crippen molar-refractivity contribution in [1.82, 2.24) is 4.90 Å². The lowest BCUT2D eigenvalue weighted by Gasteiger charge is -2.43. The van der Waals surface area contributed by atoms with Crippen LogP contribution in [-0.4, -0.2) is 42.4 Å². The van der Waals surface area contributed by atoms with Crippen molar-refractivity contribution in [3.05, 3.63) is 35.2 Å². The van der Waals surface area contributed by atoms with Crippen LogP contribution in [-0.2, 0) is 11.3 Å². The summed E-state index contributed by atoms with van der Waals surface area (Å²) in [5.74, 6) is 0. The van der Waals surface area contributed by atoms with Crippen molar-refractivity contribution >= 4 is 21.4 Å². The molecule has 1 atom stereocenters. The SMILES string of the molecule is OCC1(C[C@H]2CCCCO2)CCN(Cc2cc3ccccc3s2)CC1. The summed E-state index contributed by atoms with van der Waals surface area (Å²) in [5, 5.41) is 11.4. The predicted molar refractivity (Wildman–Crippen MR) is 104 cm³/mol. The standard InChI is InChI=1S/C21H29NO2S/c23-16-21(14-18-6-3-4-12-24-18)8-10-22(11-9-21)15-19-13-17-5-1-2-7-20(17)25-19/h1-2,5,7,13,18,23H,3-4,6,8-12,14-16H2/t18-/m1/s1. The zero-order valence-electron chi connectivity index (χ0n) is 15.0. The van der Waals surface area contributed by atoms with Gasteiger partial charge in [-0.2, -0.15) is 0 Å². The second-order valence-electron chi connectivity index (χ2n) is 7.88. The van der Waals surface area contributed by atoms with Gasteiger partial charge in [-0.25, -0.2) is 0 Å². The maximum Gasteiger partial charge on any atom is 0.0581 e. The van der Waals surface area contributed by atoms with E-state index in [2.05, 4.69) is 35.2 Å². The third-order valence-electron chi connectivity index (χ3n) is 6.04. The van der Waals surface area contributed by atoms with Crippen LogP contribution in [0, 0.1) is 5.41 Å². The summed E-state index contributed by atoms with van der Waals surface area (Å²) in [6.45, 7) is 4.43. The highest BCUT2D eigenvalue weighted by molar-refractivity contribution is 7.19. The number of nitrogens with zero attached hydrogens (tertiary/aromatic N) is 1. The summed E-state index contributed by atoms with van der Waals surface area (Å²) in [6.07, 6.45) is 7.25. The van der Waals surface area contributed by atoms with Crippen molar-refractivity contribution < 1.29 is 9.84 Å². The average Bonchev–Trinajstić information content (AvgIpc) is 3.07. The molecule has 1 aromatic heterocycles. The van der Waals surface area contributed by atoms with Gasteiger partial charge >= 0.3 is 0 Å². The molecule has 4 heteroatoms. The largest absolute Gasteiger partial charge is 0.396 e. The number of aliphatic hydroxyl groups excluding tert-OH is 1. The van der Waals surface area contributed by atoms with Crippen molar-refractivity contribution in [2.75, 3.05) is 26.3 Å². The third kappa shape index (κ3) is 4.08. The van der Waals surface area contributed by atoms with Gasteiger partial charge in [0.25, 0.3) is 0 Å². The minimum absolute atomic E-state index is 0.0820. The fourth-order valence-electron chi connectivity index (χ4n) is 4.40. The van der Waals surface area contributed by atoms with Crippen molar-refractivity contribution in [3.63, 3.8) is 0 Å². The highest BCUT2D eigenvalue weighted by atomic mass is 32.1. The molecular weight excluding hydrogens is 330 g/mol. The number of piperidine rings is 1. The first-order valence-corrected chi connectivity index (χ1v) is 10.5. The van der Waals surface area contributed by atoms with Gasteiger partial charge in [0, 0.05) is 29.3 Å². The van der Waals surface area contributed by atoms with Crippen LogP contribution in [0.5, 0.6) is 0 Å². The molecule has 0 saturated carbocycles. The molecule has 136 valence electrons. The summed E-state index contributed by atoms with van der Waals surface area (Å²) in [4.78, 5) is 4.01. The molecule has 0 spiro atoms. The molecule has 0 unspecified atom stereocenters. The topological polar surface area (TPSA) is 32.7 Å². The Bertz CT molecular complexity index is 651. The predicted octanol–water partition coefficient (Wildman–Crippen LogP) is 4.44. The minimum Gasteiger partial charge on any atom is -0.396 e. The molecule has 0 amide bonds. The van der Waals surface area contributed by atoms with Crippen LogP contribution in [0.15, 0.2) is 30.3 Å². The van der Waals surface area contributed by atoms with E-state index in [-0.39, 0.29) is 5.41 Å². The molecule has 2 saturated heterocycles. The molecule has 0 bridgehead atoms. The second-order valence-corrected chi connectivity index (χ2v) is 9.05. The van der Waals surface area contributed by atoms with E-state index in [4.69, 9.17) is 4.74 Å². The van der Waals surface area contributed by atoms with Gasteiger partial charge in [-0.15, -0.1) is 11.3 Å². The molecular formula is C21H29NO2S. The quantitative estimate of drug-likeness (QED) is 0.857. The van der Waals surface area contributed by atoms with Crippen LogP contribution < -0.4 is 0 Å². The van der Waals surface area contributed by atoms with E-state index in [0.717, 1.165) is 45.5 Å². The van der Waals surface area contributed by atoms with Crippen molar-refractivity contribution in [2.24, 2.45) is 5.41 Å². The Morgan fingerprint density at radius 3 is 2.76 bits per heavy atom. The summed E-state index contributed by atoms with van der Waals surface area (Å²) in [7, 11) is 0. The van der Waals surface area contributed by atoms with Gasteiger partial charge in [-0.3, -0.25) is 4.90 Å². The molecule has 1 N–H and O–H groups in total. The lowest BCUT2D eigenvalue weighted by Crippen LogP contribution is -2.44. The lowest BCUT2D eigenvalue weighted by molar-refractivity contribution is -0.0485. The molecule has 2 fully saturated rings. The number of hydrogen-bond acceptors (Lipinski definition) is 4. The molecule has 2 aliphatic rings. The van der Waals surface area contributed by atoms with Crippen LogP contribution in [0.4, 0.5) is 0 Å². The first-order chi connectivity index (χ1) is 12.3. The summed E-state index contributed by atoms with van der Waals surface area (Å²) < 4.78 is 7.32. The van der Waals surface area contributed by atoms with Gasteiger partial charge < -0.3 is 9.84 Å². The fourth-order valence-corrected chi connectivity index (χ4v) is 5.51. The summed E-state index contributed by atoms with van der Waals surface area (Å²) in [6, 6.07) is 11.0. The Morgan fingerprint density at radius 1 is 1.20 bits per heavy atom. The zero-order chi connectivity index (χ0) is 17.1. The van der Waals surface area contributed by atoms with E-state index >= 15 is 0 Å². The minimum atomic E-state index is 0.0820. The number of fused-ring (bicyclic) bond motifs is 1. The van der Waals surface area contributed by atoms with Crippen LogP contribution in [0.3, 0.4) is 0 Å². The smallest absolute Gasteiger partial charge is 0.0581 e. The normalized spacial score (nSPS) is 24.6. The number of benzene rings is 1. The van der Waals surface area contributed by atoms with Gasteiger partial charge in [-0.05, 0) is 74.5 Å². The van der Waals surface area contributed by atoms with Gasteiger partial charge in [-0.1, -0.05) is 18.2 Å².